The van der Waals surface area contributed by atoms with Gasteiger partial charge in [-0.05, 0) is 20.8 Å². The van der Waals surface area contributed by atoms with Gasteiger partial charge >= 0.3 is 5.97 Å². The first-order chi connectivity index (χ1) is 15.6. The van der Waals surface area contributed by atoms with E-state index in [4.69, 9.17) is 4.74 Å². The maximum absolute atomic E-state index is 14.1. The minimum absolute atomic E-state index is 1.20. The summed E-state index contributed by atoms with van der Waals surface area (Å²) in [7, 11) is 0. The predicted octanol–water partition coefficient (Wildman–Crippen LogP) is 1.17. The van der Waals surface area contributed by atoms with Crippen molar-refractivity contribution in [1.82, 2.24) is 0 Å². The average molecular weight is 517 g/mol. The summed E-state index contributed by atoms with van der Waals surface area (Å²) < 4.78 is 5.48. The quantitative estimate of drug-likeness (QED) is 0.198. The Bertz CT molecular complexity index is 892. The number of aliphatic hydroxyl groups is 4. The van der Waals surface area contributed by atoms with Crippen LogP contribution in [-0.2, 0) is 28.7 Å². The van der Waals surface area contributed by atoms with Gasteiger partial charge < -0.3 is 25.2 Å². The highest BCUT2D eigenvalue weighted by Gasteiger charge is 2.75. The van der Waals surface area contributed by atoms with Gasteiger partial charge in [0.1, 0.15) is 12.2 Å². The van der Waals surface area contributed by atoms with Gasteiger partial charge in [-0.3, -0.25) is 24.0 Å². The molecule has 10 nitrogen and oxygen atoms in total. The highest BCUT2D eigenvalue weighted by atomic mass is 16.6. The van der Waals surface area contributed by atoms with Crippen molar-refractivity contribution < 1.29 is 49.1 Å². The fourth-order valence-corrected chi connectivity index (χ4v) is 3.39. The van der Waals surface area contributed by atoms with Crippen LogP contribution in [0.25, 0.3) is 0 Å². The second-order valence-electron chi connectivity index (χ2n) is 13.3. The first-order valence-electron chi connectivity index (χ1n) is 11.8. The Morgan fingerprint density at radius 1 is 0.639 bits per heavy atom. The molecule has 0 aromatic rings. The largest absolute Gasteiger partial charge is 0.438 e. The second-order valence-corrected chi connectivity index (χ2v) is 13.3. The molecule has 0 unspecified atom stereocenters. The Balaban J connectivity index is 8.27. The van der Waals surface area contributed by atoms with E-state index in [0.29, 0.717) is 0 Å². The van der Waals surface area contributed by atoms with Crippen LogP contribution in [0.5, 0.6) is 0 Å². The third-order valence-corrected chi connectivity index (χ3v) is 5.61. The van der Waals surface area contributed by atoms with E-state index < -0.39 is 80.8 Å². The summed E-state index contributed by atoms with van der Waals surface area (Å²) in [4.78, 5) is 68.5. The molecule has 208 valence electrons. The molecular weight excluding hydrogens is 472 g/mol. The highest BCUT2D eigenvalue weighted by molar-refractivity contribution is 6.48. The first-order valence-corrected chi connectivity index (χ1v) is 11.8. The molecular formula is C26H44O10. The predicted molar refractivity (Wildman–Crippen MR) is 131 cm³/mol. The van der Waals surface area contributed by atoms with E-state index in [1.54, 1.807) is 0 Å². The lowest BCUT2D eigenvalue weighted by Gasteiger charge is -2.50. The molecule has 0 saturated carbocycles. The SMILES string of the molecule is CC(C)(C)C(=O)O[C@](C(=O)C(=O)C(C)(C)C)(C(=O)C(C)(C)C)[C@](O)(C(=O)C(C)(C)C)[C@@H](O)[C@H](O)CO. The zero-order valence-corrected chi connectivity index (χ0v) is 23.6. The van der Waals surface area contributed by atoms with Crippen molar-refractivity contribution in [2.45, 2.75) is 106 Å². The fraction of sp³-hybridized carbons (Fsp3) is 0.808. The van der Waals surface area contributed by atoms with Crippen molar-refractivity contribution in [1.29, 1.82) is 0 Å². The van der Waals surface area contributed by atoms with Crippen molar-refractivity contribution in [2.75, 3.05) is 6.61 Å². The Morgan fingerprint density at radius 3 is 1.31 bits per heavy atom. The zero-order valence-electron chi connectivity index (χ0n) is 23.6. The highest BCUT2D eigenvalue weighted by Crippen LogP contribution is 2.45. The van der Waals surface area contributed by atoms with Gasteiger partial charge in [-0.25, -0.2) is 0 Å². The van der Waals surface area contributed by atoms with Crippen LogP contribution in [0.2, 0.25) is 0 Å². The van der Waals surface area contributed by atoms with Gasteiger partial charge in [-0.2, -0.15) is 0 Å². The minimum atomic E-state index is -3.67. The molecule has 0 spiro atoms. The van der Waals surface area contributed by atoms with Gasteiger partial charge in [0.15, 0.2) is 11.6 Å². The first kappa shape index (κ1) is 34.0. The summed E-state index contributed by atoms with van der Waals surface area (Å²) >= 11 is 0. The van der Waals surface area contributed by atoms with E-state index in [1.807, 2.05) is 0 Å². The lowest BCUT2D eigenvalue weighted by Crippen LogP contribution is -2.79. The van der Waals surface area contributed by atoms with Crippen molar-refractivity contribution in [2.24, 2.45) is 21.7 Å². The molecule has 0 aromatic carbocycles. The van der Waals surface area contributed by atoms with E-state index in [-0.39, 0.29) is 0 Å². The molecule has 10 heteroatoms. The topological polar surface area (TPSA) is 175 Å². The zero-order chi connectivity index (χ0) is 29.5. The van der Waals surface area contributed by atoms with Crippen LogP contribution in [0, 0.1) is 21.7 Å². The number of Topliss-reactive ketones (excluding diaryl/α,β-unsaturated/α-hetero) is 4. The van der Waals surface area contributed by atoms with Crippen molar-refractivity contribution in [3.63, 3.8) is 0 Å². The number of hydrogen-bond donors (Lipinski definition) is 4. The number of carbonyl (C=O) groups excluding carboxylic acids is 5. The monoisotopic (exact) mass is 516 g/mol. The number of hydrogen-bond acceptors (Lipinski definition) is 10. The van der Waals surface area contributed by atoms with Crippen LogP contribution in [-0.4, -0.2) is 79.5 Å². The number of esters is 1. The van der Waals surface area contributed by atoms with Crippen LogP contribution in [0.15, 0.2) is 0 Å². The van der Waals surface area contributed by atoms with Crippen molar-refractivity contribution in [3.05, 3.63) is 0 Å². The summed E-state index contributed by atoms with van der Waals surface area (Å²) in [6.45, 7) is 14.8. The molecule has 0 aromatic heterocycles. The molecule has 0 saturated heterocycles. The Labute approximate surface area is 213 Å². The van der Waals surface area contributed by atoms with E-state index in [9.17, 15) is 44.4 Å². The van der Waals surface area contributed by atoms with Crippen molar-refractivity contribution >= 4 is 29.1 Å². The molecule has 0 aliphatic heterocycles. The Kier molecular flexibility index (Phi) is 9.81. The second kappa shape index (κ2) is 10.4. The maximum Gasteiger partial charge on any atom is 0.312 e. The van der Waals surface area contributed by atoms with Crippen LogP contribution in [0.4, 0.5) is 0 Å². The van der Waals surface area contributed by atoms with Gasteiger partial charge in [0.05, 0.1) is 12.0 Å². The van der Waals surface area contributed by atoms with Gasteiger partial charge in [0.25, 0.3) is 11.4 Å². The molecule has 0 fully saturated rings. The summed E-state index contributed by atoms with van der Waals surface area (Å²) in [6.07, 6.45) is -4.98. The lowest BCUT2D eigenvalue weighted by molar-refractivity contribution is -0.236. The fourth-order valence-electron chi connectivity index (χ4n) is 3.39. The number of rotatable bonds is 9. The summed E-state index contributed by atoms with van der Waals surface area (Å²) in [5.74, 6) is -6.96. The Morgan fingerprint density at radius 2 is 1.03 bits per heavy atom. The maximum atomic E-state index is 14.1. The molecule has 0 bridgehead atoms. The molecule has 0 aliphatic carbocycles. The van der Waals surface area contributed by atoms with Gasteiger partial charge in [0.2, 0.25) is 11.4 Å². The summed E-state index contributed by atoms with van der Waals surface area (Å²) in [6, 6.07) is 0. The molecule has 0 radical (unpaired) electrons. The van der Waals surface area contributed by atoms with E-state index in [0.717, 1.165) is 0 Å². The standard InChI is InChI=1S/C26H44O10/c1-21(2,3)16(30)17(31)26(19(33)23(7,8)9,36-20(34)24(10,11)12)25(35,15(29)14(28)13-27)18(32)22(4,5)6/h14-15,27-29,35H,13H2,1-12H3/t14-,15+,25-,26-/m1/s1. The number of ether oxygens (including phenoxy) is 1. The number of ketones is 4. The van der Waals surface area contributed by atoms with Gasteiger partial charge in [-0.1, -0.05) is 62.3 Å². The molecule has 0 rings (SSSR count). The smallest absolute Gasteiger partial charge is 0.312 e. The van der Waals surface area contributed by atoms with Crippen LogP contribution in [0.3, 0.4) is 0 Å². The third-order valence-electron chi connectivity index (χ3n) is 5.61. The van der Waals surface area contributed by atoms with E-state index in [2.05, 4.69) is 0 Å². The molecule has 4 atom stereocenters. The molecule has 0 amide bonds. The van der Waals surface area contributed by atoms with E-state index >= 15 is 0 Å². The minimum Gasteiger partial charge on any atom is -0.438 e. The number of carbonyl (C=O) groups is 5. The lowest BCUT2D eigenvalue weighted by atomic mass is 9.59. The molecule has 4 N–H and O–H groups in total. The number of aliphatic hydroxyl groups excluding tert-OH is 3. The van der Waals surface area contributed by atoms with Crippen molar-refractivity contribution in [3.8, 4) is 0 Å². The summed E-state index contributed by atoms with van der Waals surface area (Å²) in [5.41, 5.74) is -13.4. The van der Waals surface area contributed by atoms with Gasteiger partial charge in [-0.15, -0.1) is 0 Å². The van der Waals surface area contributed by atoms with E-state index in [1.165, 1.54) is 83.1 Å². The van der Waals surface area contributed by atoms with Gasteiger partial charge in [0, 0.05) is 16.2 Å². The Hall–Kier alpha value is -2.01. The van der Waals surface area contributed by atoms with Crippen LogP contribution >= 0.6 is 0 Å². The third kappa shape index (κ3) is 6.27. The van der Waals surface area contributed by atoms with Crippen LogP contribution in [0.1, 0.15) is 83.1 Å². The molecule has 0 aliphatic rings. The molecule has 0 heterocycles. The normalized spacial score (nSPS) is 18.3. The summed E-state index contributed by atoms with van der Waals surface area (Å²) in [5, 5.41) is 43.0. The average Bonchev–Trinajstić information content (AvgIpc) is 2.70. The van der Waals surface area contributed by atoms with Crippen LogP contribution < -0.4 is 0 Å². The molecule has 36 heavy (non-hydrogen) atoms.